The number of nitrogens with zero attached hydrogens (tertiary/aromatic N) is 1. The lowest BCUT2D eigenvalue weighted by Gasteiger charge is -2.55. The highest BCUT2D eigenvalue weighted by Crippen LogP contribution is 2.35. The van der Waals surface area contributed by atoms with E-state index < -0.39 is 0 Å². The molecule has 1 N–H and O–H groups in total. The van der Waals surface area contributed by atoms with Crippen LogP contribution in [0, 0.1) is 5.41 Å². The van der Waals surface area contributed by atoms with Gasteiger partial charge in [-0.3, -0.25) is 9.69 Å². The van der Waals surface area contributed by atoms with Crippen molar-refractivity contribution in [1.82, 2.24) is 10.2 Å². The van der Waals surface area contributed by atoms with Gasteiger partial charge in [-0.2, -0.15) is 0 Å². The molecular weight excluding hydrogens is 228 g/mol. The summed E-state index contributed by atoms with van der Waals surface area (Å²) in [5, 5.41) is 2.93. The normalized spacial score (nSPS) is 22.2. The molecule has 2 rings (SSSR count). The summed E-state index contributed by atoms with van der Waals surface area (Å²) in [7, 11) is 0. The largest absolute Gasteiger partial charge is 0.372 e. The van der Waals surface area contributed by atoms with Crippen LogP contribution in [-0.4, -0.2) is 49.2 Å². The molecule has 0 bridgehead atoms. The number of hydrogen-bond donors (Lipinski definition) is 1. The molecule has 2 heterocycles. The van der Waals surface area contributed by atoms with Crippen LogP contribution in [0.4, 0.5) is 0 Å². The van der Waals surface area contributed by atoms with E-state index in [1.807, 2.05) is 0 Å². The van der Waals surface area contributed by atoms with Crippen molar-refractivity contribution in [2.45, 2.75) is 32.8 Å². The Morgan fingerprint density at radius 3 is 2.50 bits per heavy atom. The first kappa shape index (κ1) is 13.6. The lowest BCUT2D eigenvalue weighted by atomic mass is 9.86. The molecule has 0 aromatic rings. The van der Waals surface area contributed by atoms with Crippen LogP contribution in [0.1, 0.15) is 27.2 Å². The van der Waals surface area contributed by atoms with Crippen LogP contribution in [0.5, 0.6) is 0 Å². The van der Waals surface area contributed by atoms with Gasteiger partial charge in [0.15, 0.2) is 0 Å². The van der Waals surface area contributed by atoms with E-state index in [4.69, 9.17) is 4.74 Å². The second-order valence-corrected chi connectivity index (χ2v) is 6.77. The fourth-order valence-corrected chi connectivity index (χ4v) is 2.33. The predicted octanol–water partition coefficient (Wildman–Crippen LogP) is 1.18. The topological polar surface area (TPSA) is 41.6 Å². The van der Waals surface area contributed by atoms with Crippen LogP contribution in [0.2, 0.25) is 0 Å². The Balaban J connectivity index is 1.67. The molecule has 0 radical (unpaired) electrons. The first-order valence-corrected chi connectivity index (χ1v) is 6.62. The molecule has 4 heteroatoms. The van der Waals surface area contributed by atoms with E-state index in [9.17, 15) is 4.79 Å². The van der Waals surface area contributed by atoms with Crippen molar-refractivity contribution in [3.05, 3.63) is 12.2 Å². The zero-order valence-corrected chi connectivity index (χ0v) is 11.7. The van der Waals surface area contributed by atoms with Gasteiger partial charge in [0.2, 0.25) is 5.91 Å². The summed E-state index contributed by atoms with van der Waals surface area (Å²) in [6.45, 7) is 14.3. The molecule has 2 fully saturated rings. The number of likely N-dealkylation sites (tertiary alicyclic amines) is 1. The minimum absolute atomic E-state index is 0.0274. The van der Waals surface area contributed by atoms with Crippen molar-refractivity contribution in [3.63, 3.8) is 0 Å². The van der Waals surface area contributed by atoms with Crippen LogP contribution in [0.15, 0.2) is 12.2 Å². The van der Waals surface area contributed by atoms with Gasteiger partial charge in [-0.25, -0.2) is 0 Å². The van der Waals surface area contributed by atoms with Crippen molar-refractivity contribution >= 4 is 5.91 Å². The first-order valence-electron chi connectivity index (χ1n) is 6.62. The van der Waals surface area contributed by atoms with Crippen LogP contribution in [0.25, 0.3) is 0 Å². The summed E-state index contributed by atoms with van der Waals surface area (Å²) >= 11 is 0. The minimum atomic E-state index is -0.0274. The molecule has 1 spiro atoms. The van der Waals surface area contributed by atoms with E-state index in [0.29, 0.717) is 18.7 Å². The van der Waals surface area contributed by atoms with E-state index in [2.05, 4.69) is 37.6 Å². The van der Waals surface area contributed by atoms with E-state index >= 15 is 0 Å². The summed E-state index contributed by atoms with van der Waals surface area (Å²) in [5.74, 6) is -0.0274. The summed E-state index contributed by atoms with van der Waals surface area (Å²) in [6, 6.07) is 0. The van der Waals surface area contributed by atoms with Gasteiger partial charge in [-0.05, 0) is 5.41 Å². The second kappa shape index (κ2) is 4.67. The molecule has 0 aromatic carbocycles. The third-order valence-corrected chi connectivity index (χ3v) is 3.50. The highest BCUT2D eigenvalue weighted by atomic mass is 16.5. The van der Waals surface area contributed by atoms with E-state index in [0.717, 1.165) is 26.1 Å². The fraction of sp³-hybridized carbons (Fsp3) is 0.786. The summed E-state index contributed by atoms with van der Waals surface area (Å²) in [5.41, 5.74) is 0.881. The lowest BCUT2D eigenvalue weighted by Crippen LogP contribution is -2.68. The molecule has 2 saturated heterocycles. The monoisotopic (exact) mass is 252 g/mol. The van der Waals surface area contributed by atoms with E-state index in [1.165, 1.54) is 0 Å². The fourth-order valence-electron chi connectivity index (χ4n) is 2.33. The number of carbonyl (C=O) groups excluding carboxylic acids is 1. The molecular formula is C14H24N2O2. The van der Waals surface area contributed by atoms with Gasteiger partial charge in [0.25, 0.3) is 0 Å². The summed E-state index contributed by atoms with van der Waals surface area (Å²) in [4.78, 5) is 14.1. The number of ether oxygens (including phenoxy) is 1. The molecule has 2 aliphatic rings. The first-order chi connectivity index (χ1) is 8.30. The maximum atomic E-state index is 11.8. The minimum Gasteiger partial charge on any atom is -0.372 e. The van der Waals surface area contributed by atoms with Gasteiger partial charge in [-0.15, -0.1) is 0 Å². The van der Waals surface area contributed by atoms with Gasteiger partial charge in [0, 0.05) is 38.2 Å². The van der Waals surface area contributed by atoms with Gasteiger partial charge in [0.05, 0.1) is 12.2 Å². The maximum absolute atomic E-state index is 11.8. The highest BCUT2D eigenvalue weighted by molar-refractivity contribution is 5.93. The Morgan fingerprint density at radius 2 is 2.06 bits per heavy atom. The molecule has 0 atom stereocenters. The average molecular weight is 252 g/mol. The zero-order valence-electron chi connectivity index (χ0n) is 11.7. The van der Waals surface area contributed by atoms with Crippen LogP contribution in [-0.2, 0) is 9.53 Å². The van der Waals surface area contributed by atoms with Gasteiger partial charge in [-0.1, -0.05) is 27.4 Å². The highest BCUT2D eigenvalue weighted by Gasteiger charge is 2.48. The third kappa shape index (κ3) is 3.12. The quantitative estimate of drug-likeness (QED) is 0.764. The lowest BCUT2D eigenvalue weighted by molar-refractivity contribution is -0.219. The number of rotatable bonds is 4. The van der Waals surface area contributed by atoms with Gasteiger partial charge >= 0.3 is 0 Å². The third-order valence-electron chi connectivity index (χ3n) is 3.50. The second-order valence-electron chi connectivity index (χ2n) is 6.77. The Labute approximate surface area is 109 Å². The zero-order chi connectivity index (χ0) is 13.4. The molecule has 2 aliphatic heterocycles. The maximum Gasteiger partial charge on any atom is 0.247 e. The van der Waals surface area contributed by atoms with Crippen molar-refractivity contribution < 1.29 is 9.53 Å². The molecule has 0 aliphatic carbocycles. The number of nitrogens with one attached hydrogen (secondary N) is 1. The summed E-state index contributed by atoms with van der Waals surface area (Å²) in [6.07, 6.45) is 1.16. The molecule has 0 aromatic heterocycles. The number of carbonyl (C=O) groups is 1. The van der Waals surface area contributed by atoms with Crippen LogP contribution < -0.4 is 5.32 Å². The molecule has 1 amide bonds. The van der Waals surface area contributed by atoms with Crippen molar-refractivity contribution in [1.29, 1.82) is 0 Å². The molecule has 4 nitrogen and oxygen atoms in total. The number of amides is 1. The predicted molar refractivity (Wildman–Crippen MR) is 71.3 cm³/mol. The SMILES string of the molecule is C=C(CN1CC2(CCO2)C1)C(=O)NCC(C)(C)C. The average Bonchev–Trinajstić information content (AvgIpc) is 2.14. The number of hydrogen-bond acceptors (Lipinski definition) is 3. The van der Waals surface area contributed by atoms with E-state index in [-0.39, 0.29) is 16.9 Å². The standard InChI is InChI=1S/C14H24N2O2/c1-11(12(17)15-8-13(2,3)4)7-16-9-14(10-16)5-6-18-14/h1,5-10H2,2-4H3,(H,15,17). The van der Waals surface area contributed by atoms with Crippen molar-refractivity contribution in [3.8, 4) is 0 Å². The van der Waals surface area contributed by atoms with Crippen molar-refractivity contribution in [2.24, 2.45) is 5.41 Å². The Kier molecular flexibility index (Phi) is 3.52. The van der Waals surface area contributed by atoms with Crippen molar-refractivity contribution in [2.75, 3.05) is 32.8 Å². The van der Waals surface area contributed by atoms with Gasteiger partial charge < -0.3 is 10.1 Å². The van der Waals surface area contributed by atoms with Crippen LogP contribution in [0.3, 0.4) is 0 Å². The van der Waals surface area contributed by atoms with Crippen LogP contribution >= 0.6 is 0 Å². The Bertz CT molecular complexity index is 345. The molecule has 18 heavy (non-hydrogen) atoms. The molecule has 102 valence electrons. The molecule has 0 saturated carbocycles. The molecule has 0 unspecified atom stereocenters. The van der Waals surface area contributed by atoms with E-state index in [1.54, 1.807) is 0 Å². The van der Waals surface area contributed by atoms with Gasteiger partial charge in [0.1, 0.15) is 0 Å². The smallest absolute Gasteiger partial charge is 0.247 e. The Morgan fingerprint density at radius 1 is 1.44 bits per heavy atom. The Hall–Kier alpha value is -0.870. The summed E-state index contributed by atoms with van der Waals surface area (Å²) < 4.78 is 5.55.